The molecule has 0 unspecified atom stereocenters. The topological polar surface area (TPSA) is 87.7 Å². The van der Waals surface area contributed by atoms with Gasteiger partial charge in [-0.1, -0.05) is 59.8 Å². The average Bonchev–Trinajstić information content (AvgIpc) is 3.16. The number of amides is 1. The van der Waals surface area contributed by atoms with Crippen LogP contribution in [0.1, 0.15) is 11.3 Å². The molecule has 0 saturated carbocycles. The zero-order chi connectivity index (χ0) is 21.8. The molecule has 2 aromatic carbocycles. The van der Waals surface area contributed by atoms with Crippen LogP contribution in [0.15, 0.2) is 70.6 Å². The molecule has 2 N–H and O–H groups in total. The van der Waals surface area contributed by atoms with Crippen LogP contribution < -0.4 is 10.9 Å². The molecule has 0 bridgehead atoms. The summed E-state index contributed by atoms with van der Waals surface area (Å²) in [5.74, 6) is -0.0285. The highest BCUT2D eigenvalue weighted by Gasteiger charge is 2.15. The van der Waals surface area contributed by atoms with Crippen molar-refractivity contribution < 1.29 is 4.79 Å². The second-order valence-corrected chi connectivity index (χ2v) is 8.90. The normalized spacial score (nSPS) is 10.8. The third-order valence-corrected chi connectivity index (χ3v) is 6.55. The fraction of sp³-hybridized carbons (Fsp3) is 0.130. The number of H-pyrrole nitrogens is 1. The van der Waals surface area contributed by atoms with Crippen molar-refractivity contribution in [1.29, 1.82) is 0 Å². The first-order chi connectivity index (χ1) is 15.0. The van der Waals surface area contributed by atoms with E-state index in [1.54, 1.807) is 0 Å². The van der Waals surface area contributed by atoms with Gasteiger partial charge in [0.15, 0.2) is 5.16 Å². The van der Waals surface area contributed by atoms with Gasteiger partial charge in [0.1, 0.15) is 5.01 Å². The van der Waals surface area contributed by atoms with Gasteiger partial charge in [0.05, 0.1) is 22.0 Å². The Labute approximate surface area is 187 Å². The Bertz CT molecular complexity index is 1260. The molecule has 2 heterocycles. The summed E-state index contributed by atoms with van der Waals surface area (Å²) in [4.78, 5) is 37.2. The molecule has 1 amide bonds. The maximum atomic E-state index is 12.3. The van der Waals surface area contributed by atoms with Gasteiger partial charge in [-0.2, -0.15) is 0 Å². The zero-order valence-corrected chi connectivity index (χ0v) is 18.6. The van der Waals surface area contributed by atoms with E-state index in [-0.39, 0.29) is 17.2 Å². The predicted molar refractivity (Wildman–Crippen MR) is 127 cm³/mol. The Morgan fingerprint density at radius 3 is 2.55 bits per heavy atom. The molecule has 0 radical (unpaired) electrons. The number of hydrogen-bond donors (Lipinski definition) is 2. The Hall–Kier alpha value is -3.23. The highest BCUT2D eigenvalue weighted by molar-refractivity contribution is 7.99. The number of thiazole rings is 1. The van der Waals surface area contributed by atoms with E-state index in [1.807, 2.05) is 68.4 Å². The first kappa shape index (κ1) is 21.0. The number of benzene rings is 2. The third-order valence-electron chi connectivity index (χ3n) is 4.45. The van der Waals surface area contributed by atoms with Crippen molar-refractivity contribution in [3.05, 3.63) is 82.3 Å². The van der Waals surface area contributed by atoms with Crippen molar-refractivity contribution in [2.75, 3.05) is 11.1 Å². The Morgan fingerprint density at radius 2 is 1.81 bits per heavy atom. The van der Waals surface area contributed by atoms with E-state index < -0.39 is 0 Å². The quantitative estimate of drug-likeness (QED) is 0.323. The fourth-order valence-corrected chi connectivity index (χ4v) is 4.63. The van der Waals surface area contributed by atoms with Crippen molar-refractivity contribution in [2.45, 2.75) is 19.0 Å². The van der Waals surface area contributed by atoms with Crippen LogP contribution in [0.4, 0.5) is 5.69 Å². The van der Waals surface area contributed by atoms with E-state index in [2.05, 4.69) is 20.3 Å². The molecule has 4 aromatic rings. The fourth-order valence-electron chi connectivity index (χ4n) is 2.93. The molecule has 6 nitrogen and oxygen atoms in total. The Morgan fingerprint density at radius 1 is 1.06 bits per heavy atom. The summed E-state index contributed by atoms with van der Waals surface area (Å²) in [7, 11) is 0. The minimum Gasteiger partial charge on any atom is -0.325 e. The van der Waals surface area contributed by atoms with Crippen LogP contribution in [0.3, 0.4) is 0 Å². The standard InChI is InChI=1S/C23H20N4O2S2/c1-14-8-10-17(11-9-14)25-20(29)13-30-23-26-18(12-19(28)27-23)21-15(2)24-22(31-21)16-6-4-3-5-7-16/h3-12H,13H2,1-2H3,(H,25,29)(H,26,27,28). The molecule has 0 aliphatic carbocycles. The molecule has 0 aliphatic rings. The molecule has 156 valence electrons. The lowest BCUT2D eigenvalue weighted by Gasteiger charge is -2.06. The molecule has 0 fully saturated rings. The molecule has 31 heavy (non-hydrogen) atoms. The average molecular weight is 449 g/mol. The van der Waals surface area contributed by atoms with Gasteiger partial charge >= 0.3 is 0 Å². The van der Waals surface area contributed by atoms with Gasteiger partial charge in [-0.25, -0.2) is 9.97 Å². The number of nitrogens with zero attached hydrogens (tertiary/aromatic N) is 2. The van der Waals surface area contributed by atoms with Gasteiger partial charge in [0.25, 0.3) is 5.56 Å². The highest BCUT2D eigenvalue weighted by atomic mass is 32.2. The number of nitrogens with one attached hydrogen (secondary N) is 2. The van der Waals surface area contributed by atoms with E-state index in [0.29, 0.717) is 10.9 Å². The number of thioether (sulfide) groups is 1. The number of hydrogen-bond acceptors (Lipinski definition) is 6. The maximum absolute atomic E-state index is 12.3. The van der Waals surface area contributed by atoms with Gasteiger partial charge in [0, 0.05) is 17.3 Å². The number of aromatic amines is 1. The van der Waals surface area contributed by atoms with E-state index in [4.69, 9.17) is 0 Å². The lowest BCUT2D eigenvalue weighted by Crippen LogP contribution is -2.15. The van der Waals surface area contributed by atoms with Crippen molar-refractivity contribution in [1.82, 2.24) is 15.0 Å². The highest BCUT2D eigenvalue weighted by Crippen LogP contribution is 2.34. The van der Waals surface area contributed by atoms with Gasteiger partial charge < -0.3 is 10.3 Å². The summed E-state index contributed by atoms with van der Waals surface area (Å²) in [5, 5.41) is 4.12. The zero-order valence-electron chi connectivity index (χ0n) is 17.0. The number of carbonyl (C=O) groups excluding carboxylic acids is 1. The SMILES string of the molecule is Cc1ccc(NC(=O)CSc2nc(-c3sc(-c4ccccc4)nc3C)cc(=O)[nH]2)cc1. The van der Waals surface area contributed by atoms with Crippen molar-refractivity contribution in [3.8, 4) is 21.1 Å². The number of aromatic nitrogens is 3. The smallest absolute Gasteiger partial charge is 0.252 e. The molecule has 0 spiro atoms. The van der Waals surface area contributed by atoms with Crippen LogP contribution in [-0.2, 0) is 4.79 Å². The van der Waals surface area contributed by atoms with E-state index in [9.17, 15) is 9.59 Å². The monoisotopic (exact) mass is 448 g/mol. The number of rotatable bonds is 6. The molecule has 0 atom stereocenters. The largest absolute Gasteiger partial charge is 0.325 e. The molecule has 0 saturated heterocycles. The second-order valence-electron chi connectivity index (χ2n) is 6.94. The summed E-state index contributed by atoms with van der Waals surface area (Å²) >= 11 is 2.68. The van der Waals surface area contributed by atoms with Crippen LogP contribution in [0.25, 0.3) is 21.1 Å². The Balaban J connectivity index is 1.50. The molecule has 2 aromatic heterocycles. The lowest BCUT2D eigenvalue weighted by molar-refractivity contribution is -0.113. The summed E-state index contributed by atoms with van der Waals surface area (Å²) < 4.78 is 0. The van der Waals surface area contributed by atoms with Crippen LogP contribution in [0, 0.1) is 13.8 Å². The Kier molecular flexibility index (Phi) is 6.29. The molecule has 4 rings (SSSR count). The van der Waals surface area contributed by atoms with Gasteiger partial charge in [-0.15, -0.1) is 11.3 Å². The van der Waals surface area contributed by atoms with Crippen LogP contribution in [0.5, 0.6) is 0 Å². The van der Waals surface area contributed by atoms with Gasteiger partial charge in [-0.3, -0.25) is 9.59 Å². The molecule has 8 heteroatoms. The van der Waals surface area contributed by atoms with Crippen molar-refractivity contribution in [2.24, 2.45) is 0 Å². The van der Waals surface area contributed by atoms with Crippen LogP contribution in [0.2, 0.25) is 0 Å². The first-order valence-corrected chi connectivity index (χ1v) is 11.4. The molecular formula is C23H20N4O2S2. The first-order valence-electron chi connectivity index (χ1n) is 9.62. The van der Waals surface area contributed by atoms with E-state index >= 15 is 0 Å². The summed E-state index contributed by atoms with van der Waals surface area (Å²) in [6.45, 7) is 3.90. The predicted octanol–water partition coefficient (Wildman–Crippen LogP) is 4.91. The number of anilines is 1. The van der Waals surface area contributed by atoms with Crippen LogP contribution in [-0.4, -0.2) is 26.6 Å². The minimum absolute atomic E-state index is 0.136. The van der Waals surface area contributed by atoms with Gasteiger partial charge in [0.2, 0.25) is 5.91 Å². The molecular weight excluding hydrogens is 428 g/mol. The van der Waals surface area contributed by atoms with E-state index in [1.165, 1.54) is 29.2 Å². The van der Waals surface area contributed by atoms with Crippen LogP contribution >= 0.6 is 23.1 Å². The van der Waals surface area contributed by atoms with E-state index in [0.717, 1.165) is 32.4 Å². The lowest BCUT2D eigenvalue weighted by atomic mass is 10.2. The summed E-state index contributed by atoms with van der Waals surface area (Å²) in [5.41, 5.74) is 3.99. The minimum atomic E-state index is -0.263. The van der Waals surface area contributed by atoms with Crippen molar-refractivity contribution >= 4 is 34.7 Å². The second kappa shape index (κ2) is 9.28. The third kappa shape index (κ3) is 5.28. The maximum Gasteiger partial charge on any atom is 0.252 e. The van der Waals surface area contributed by atoms with Crippen molar-refractivity contribution in [3.63, 3.8) is 0 Å². The number of aryl methyl sites for hydroxylation is 2. The van der Waals surface area contributed by atoms with Gasteiger partial charge in [-0.05, 0) is 26.0 Å². The molecule has 0 aliphatic heterocycles. The summed E-state index contributed by atoms with van der Waals surface area (Å²) in [6, 6.07) is 18.9. The summed E-state index contributed by atoms with van der Waals surface area (Å²) in [6.07, 6.45) is 0. The number of carbonyl (C=O) groups is 1.